The summed E-state index contributed by atoms with van der Waals surface area (Å²) in [6, 6.07) is 12.6. The summed E-state index contributed by atoms with van der Waals surface area (Å²) in [6.45, 7) is 3.08. The Balaban J connectivity index is 1.51. The zero-order valence-corrected chi connectivity index (χ0v) is 16.6. The van der Waals surface area contributed by atoms with Gasteiger partial charge in [-0.15, -0.1) is 0 Å². The molecule has 142 valence electrons. The van der Waals surface area contributed by atoms with E-state index < -0.39 is 0 Å². The Kier molecular flexibility index (Phi) is 6.40. The van der Waals surface area contributed by atoms with Crippen molar-refractivity contribution in [1.29, 1.82) is 0 Å². The van der Waals surface area contributed by atoms with Crippen LogP contribution in [-0.2, 0) is 4.79 Å². The van der Waals surface area contributed by atoms with Crippen molar-refractivity contribution in [1.82, 2.24) is 4.90 Å². The normalized spacial score (nSPS) is 14.9. The summed E-state index contributed by atoms with van der Waals surface area (Å²) in [5.74, 6) is 0.575. The Bertz CT molecular complexity index is 845. The molecular formula is C21H21Cl2NO3. The third-order valence-electron chi connectivity index (χ3n) is 4.77. The highest BCUT2D eigenvalue weighted by Crippen LogP contribution is 2.27. The molecule has 2 aromatic carbocycles. The van der Waals surface area contributed by atoms with E-state index in [-0.39, 0.29) is 24.2 Å². The van der Waals surface area contributed by atoms with E-state index in [2.05, 4.69) is 0 Å². The van der Waals surface area contributed by atoms with Gasteiger partial charge in [0.25, 0.3) is 5.91 Å². The van der Waals surface area contributed by atoms with Crippen molar-refractivity contribution in [2.45, 2.75) is 19.8 Å². The van der Waals surface area contributed by atoms with Crippen LogP contribution in [0.25, 0.3) is 0 Å². The SMILES string of the molecule is Cc1cccc(OCC(=O)N2CCC(C(=O)c3ccc(Cl)c(Cl)c3)CC2)c1. The van der Waals surface area contributed by atoms with E-state index in [1.165, 1.54) is 0 Å². The monoisotopic (exact) mass is 405 g/mol. The van der Waals surface area contributed by atoms with Gasteiger partial charge in [-0.25, -0.2) is 0 Å². The first-order chi connectivity index (χ1) is 12.9. The van der Waals surface area contributed by atoms with E-state index in [0.717, 1.165) is 5.56 Å². The summed E-state index contributed by atoms with van der Waals surface area (Å²) in [5, 5.41) is 0.811. The van der Waals surface area contributed by atoms with E-state index >= 15 is 0 Å². The number of hydrogen-bond donors (Lipinski definition) is 0. The number of rotatable bonds is 5. The van der Waals surface area contributed by atoms with Crippen LogP contribution in [-0.4, -0.2) is 36.3 Å². The molecule has 0 bridgehead atoms. The summed E-state index contributed by atoms with van der Waals surface area (Å²) in [5.41, 5.74) is 1.65. The summed E-state index contributed by atoms with van der Waals surface area (Å²) in [7, 11) is 0. The minimum absolute atomic E-state index is 0.00879. The molecule has 1 aliphatic heterocycles. The number of ether oxygens (including phenoxy) is 1. The lowest BCUT2D eigenvalue weighted by Gasteiger charge is -2.31. The fourth-order valence-electron chi connectivity index (χ4n) is 3.22. The molecule has 0 radical (unpaired) electrons. The fourth-order valence-corrected chi connectivity index (χ4v) is 3.52. The molecule has 0 N–H and O–H groups in total. The highest BCUT2D eigenvalue weighted by Gasteiger charge is 2.28. The molecular weight excluding hydrogens is 385 g/mol. The summed E-state index contributed by atoms with van der Waals surface area (Å²) in [6.07, 6.45) is 1.27. The average molecular weight is 406 g/mol. The minimum Gasteiger partial charge on any atom is -0.484 e. The van der Waals surface area contributed by atoms with Crippen molar-refractivity contribution in [3.05, 3.63) is 63.6 Å². The van der Waals surface area contributed by atoms with Gasteiger partial charge in [-0.2, -0.15) is 0 Å². The molecule has 0 spiro atoms. The molecule has 0 aromatic heterocycles. The first-order valence-corrected chi connectivity index (χ1v) is 9.66. The Morgan fingerprint density at radius 3 is 2.48 bits per heavy atom. The van der Waals surface area contributed by atoms with Crippen LogP contribution in [0.15, 0.2) is 42.5 Å². The molecule has 3 rings (SSSR count). The maximum atomic E-state index is 12.7. The number of likely N-dealkylation sites (tertiary alicyclic amines) is 1. The van der Waals surface area contributed by atoms with Crippen molar-refractivity contribution in [2.75, 3.05) is 19.7 Å². The Morgan fingerprint density at radius 2 is 1.81 bits per heavy atom. The van der Waals surface area contributed by atoms with E-state index in [1.54, 1.807) is 23.1 Å². The third-order valence-corrected chi connectivity index (χ3v) is 5.51. The smallest absolute Gasteiger partial charge is 0.260 e. The summed E-state index contributed by atoms with van der Waals surface area (Å²) in [4.78, 5) is 26.8. The van der Waals surface area contributed by atoms with Gasteiger partial charge in [0, 0.05) is 24.6 Å². The number of benzene rings is 2. The van der Waals surface area contributed by atoms with E-state index in [0.29, 0.717) is 47.3 Å². The van der Waals surface area contributed by atoms with Crippen LogP contribution in [0.3, 0.4) is 0 Å². The second-order valence-corrected chi connectivity index (χ2v) is 7.57. The molecule has 0 unspecified atom stereocenters. The molecule has 0 atom stereocenters. The first-order valence-electron chi connectivity index (χ1n) is 8.90. The van der Waals surface area contributed by atoms with E-state index in [9.17, 15) is 9.59 Å². The lowest BCUT2D eigenvalue weighted by atomic mass is 9.89. The maximum Gasteiger partial charge on any atom is 0.260 e. The molecule has 27 heavy (non-hydrogen) atoms. The van der Waals surface area contributed by atoms with Gasteiger partial charge in [-0.05, 0) is 55.7 Å². The van der Waals surface area contributed by atoms with Crippen LogP contribution in [0, 0.1) is 12.8 Å². The number of aryl methyl sites for hydroxylation is 1. The molecule has 1 saturated heterocycles. The van der Waals surface area contributed by atoms with Crippen LogP contribution in [0.4, 0.5) is 0 Å². The lowest BCUT2D eigenvalue weighted by Crippen LogP contribution is -2.42. The third kappa shape index (κ3) is 5.02. The Labute approximate surface area is 169 Å². The van der Waals surface area contributed by atoms with Crippen molar-refractivity contribution in [3.8, 4) is 5.75 Å². The summed E-state index contributed by atoms with van der Waals surface area (Å²) < 4.78 is 5.58. The molecule has 1 fully saturated rings. The van der Waals surface area contributed by atoms with Gasteiger partial charge in [0.05, 0.1) is 10.0 Å². The van der Waals surface area contributed by atoms with Crippen LogP contribution >= 0.6 is 23.2 Å². The van der Waals surface area contributed by atoms with E-state index in [4.69, 9.17) is 27.9 Å². The molecule has 1 amide bonds. The molecule has 0 saturated carbocycles. The molecule has 1 heterocycles. The van der Waals surface area contributed by atoms with E-state index in [1.807, 2.05) is 31.2 Å². The molecule has 0 aliphatic carbocycles. The number of piperidine rings is 1. The lowest BCUT2D eigenvalue weighted by molar-refractivity contribution is -0.134. The number of carbonyl (C=O) groups excluding carboxylic acids is 2. The summed E-state index contributed by atoms with van der Waals surface area (Å²) >= 11 is 11.9. The fraction of sp³-hybridized carbons (Fsp3) is 0.333. The Hall–Kier alpha value is -2.04. The predicted octanol–water partition coefficient (Wildman–Crippen LogP) is 4.80. The zero-order valence-electron chi connectivity index (χ0n) is 15.1. The number of Topliss-reactive ketones (excluding diaryl/α,β-unsaturated/α-hetero) is 1. The highest BCUT2D eigenvalue weighted by atomic mass is 35.5. The number of carbonyl (C=O) groups is 2. The number of ketones is 1. The molecule has 2 aromatic rings. The zero-order chi connectivity index (χ0) is 19.4. The van der Waals surface area contributed by atoms with Gasteiger partial charge in [-0.3, -0.25) is 9.59 Å². The van der Waals surface area contributed by atoms with Crippen LogP contribution in [0.5, 0.6) is 5.75 Å². The van der Waals surface area contributed by atoms with Gasteiger partial charge in [0.2, 0.25) is 0 Å². The van der Waals surface area contributed by atoms with Crippen LogP contribution < -0.4 is 4.74 Å². The first kappa shape index (κ1) is 19.7. The van der Waals surface area contributed by atoms with Gasteiger partial charge in [0.15, 0.2) is 12.4 Å². The number of halogens is 2. The highest BCUT2D eigenvalue weighted by molar-refractivity contribution is 6.42. The molecule has 4 nitrogen and oxygen atoms in total. The minimum atomic E-state index is -0.107. The quantitative estimate of drug-likeness (QED) is 0.670. The largest absolute Gasteiger partial charge is 0.484 e. The van der Waals surface area contributed by atoms with Crippen molar-refractivity contribution >= 4 is 34.9 Å². The van der Waals surface area contributed by atoms with Crippen molar-refractivity contribution in [2.24, 2.45) is 5.92 Å². The predicted molar refractivity (Wildman–Crippen MR) is 107 cm³/mol. The van der Waals surface area contributed by atoms with Crippen LogP contribution in [0.1, 0.15) is 28.8 Å². The van der Waals surface area contributed by atoms with Gasteiger partial charge < -0.3 is 9.64 Å². The Morgan fingerprint density at radius 1 is 1.07 bits per heavy atom. The average Bonchev–Trinajstić information content (AvgIpc) is 2.68. The van der Waals surface area contributed by atoms with Crippen molar-refractivity contribution in [3.63, 3.8) is 0 Å². The van der Waals surface area contributed by atoms with Crippen LogP contribution in [0.2, 0.25) is 10.0 Å². The van der Waals surface area contributed by atoms with Gasteiger partial charge in [0.1, 0.15) is 5.75 Å². The second kappa shape index (κ2) is 8.77. The number of amides is 1. The van der Waals surface area contributed by atoms with Gasteiger partial charge >= 0.3 is 0 Å². The molecule has 1 aliphatic rings. The van der Waals surface area contributed by atoms with Gasteiger partial charge in [-0.1, -0.05) is 35.3 Å². The second-order valence-electron chi connectivity index (χ2n) is 6.75. The number of hydrogen-bond acceptors (Lipinski definition) is 3. The number of nitrogens with zero attached hydrogens (tertiary/aromatic N) is 1. The topological polar surface area (TPSA) is 46.6 Å². The standard InChI is InChI=1S/C21H21Cl2NO3/c1-14-3-2-4-17(11-14)27-13-20(25)24-9-7-15(8-10-24)21(26)16-5-6-18(22)19(23)12-16/h2-6,11-12,15H,7-10,13H2,1H3. The maximum absolute atomic E-state index is 12.7. The van der Waals surface area contributed by atoms with Crippen molar-refractivity contribution < 1.29 is 14.3 Å². The molecule has 6 heteroatoms.